The molecular formula is C35H51N3O4. The van der Waals surface area contributed by atoms with Gasteiger partial charge in [0, 0.05) is 56.8 Å². The molecule has 1 aromatic rings. The number of rotatable bonds is 7. The van der Waals surface area contributed by atoms with Gasteiger partial charge in [-0.15, -0.1) is 0 Å². The number of aliphatic hydroxyl groups is 2. The maximum Gasteiger partial charge on any atom is 0.255 e. The summed E-state index contributed by atoms with van der Waals surface area (Å²) in [6.45, 7) is 9.39. The first kappa shape index (κ1) is 30.8. The summed E-state index contributed by atoms with van der Waals surface area (Å²) in [5.41, 5.74) is 1.04. The highest BCUT2D eigenvalue weighted by Crippen LogP contribution is 2.41. The molecule has 0 spiro atoms. The van der Waals surface area contributed by atoms with Crippen LogP contribution in [0.2, 0.25) is 0 Å². The van der Waals surface area contributed by atoms with Crippen molar-refractivity contribution in [2.24, 2.45) is 17.3 Å². The number of carbonyl (C=O) groups excluding carboxylic acids is 2. The molecule has 7 heteroatoms. The lowest BCUT2D eigenvalue weighted by Gasteiger charge is -2.52. The van der Waals surface area contributed by atoms with E-state index in [2.05, 4.69) is 31.7 Å². The van der Waals surface area contributed by atoms with E-state index in [1.54, 1.807) is 0 Å². The Morgan fingerprint density at radius 1 is 0.976 bits per heavy atom. The van der Waals surface area contributed by atoms with Crippen LogP contribution in [0.4, 0.5) is 0 Å². The minimum absolute atomic E-state index is 0.0196. The fourth-order valence-corrected chi connectivity index (χ4v) is 7.55. The van der Waals surface area contributed by atoms with Crippen LogP contribution in [0.1, 0.15) is 84.1 Å². The summed E-state index contributed by atoms with van der Waals surface area (Å²) >= 11 is 0. The second kappa shape index (κ2) is 12.9. The number of amides is 2. The summed E-state index contributed by atoms with van der Waals surface area (Å²) in [7, 11) is 0. The minimum Gasteiger partial charge on any atom is -0.393 e. The maximum absolute atomic E-state index is 13.8. The van der Waals surface area contributed by atoms with Crippen molar-refractivity contribution in [3.8, 4) is 0 Å². The smallest absolute Gasteiger partial charge is 0.255 e. The largest absolute Gasteiger partial charge is 0.393 e. The Hall–Kier alpha value is -2.64. The van der Waals surface area contributed by atoms with Gasteiger partial charge in [0.05, 0.1) is 17.3 Å². The topological polar surface area (TPSA) is 84.3 Å². The van der Waals surface area contributed by atoms with Crippen LogP contribution in [0.15, 0.2) is 48.2 Å². The number of likely N-dealkylation sites (tertiary alicyclic amines) is 2. The first-order valence-corrected chi connectivity index (χ1v) is 16.3. The van der Waals surface area contributed by atoms with E-state index < -0.39 is 11.0 Å². The SMILES string of the molecule is C[C@H](CC1CCCCC1)C(=O)N1CC[C@@](O)(CN2C=C(C(=O)N3CCC(O)CC3)C(c3ccccc3)=CC2)C(C)(C)C1. The van der Waals surface area contributed by atoms with Gasteiger partial charge in [-0.1, -0.05) is 89.3 Å². The van der Waals surface area contributed by atoms with Crippen molar-refractivity contribution < 1.29 is 19.8 Å². The number of nitrogens with zero attached hydrogens (tertiary/aromatic N) is 3. The Labute approximate surface area is 252 Å². The molecule has 0 unspecified atom stereocenters. The number of carbonyl (C=O) groups is 2. The fraction of sp³-hybridized carbons (Fsp3) is 0.657. The highest BCUT2D eigenvalue weighted by atomic mass is 16.3. The van der Waals surface area contributed by atoms with Crippen molar-refractivity contribution in [1.82, 2.24) is 14.7 Å². The Balaban J connectivity index is 1.28. The van der Waals surface area contributed by atoms with Crippen molar-refractivity contribution in [2.75, 3.05) is 39.3 Å². The molecule has 1 aromatic carbocycles. The number of aliphatic hydroxyl groups excluding tert-OH is 1. The Morgan fingerprint density at radius 3 is 2.33 bits per heavy atom. The molecule has 42 heavy (non-hydrogen) atoms. The van der Waals surface area contributed by atoms with E-state index in [-0.39, 0.29) is 23.8 Å². The van der Waals surface area contributed by atoms with Gasteiger partial charge in [-0.05, 0) is 42.7 Å². The summed E-state index contributed by atoms with van der Waals surface area (Å²) in [5.74, 6) is 0.883. The molecule has 2 amide bonds. The molecule has 0 bridgehead atoms. The van der Waals surface area contributed by atoms with E-state index in [9.17, 15) is 19.8 Å². The summed E-state index contributed by atoms with van der Waals surface area (Å²) in [6.07, 6.45) is 12.8. The zero-order valence-electron chi connectivity index (χ0n) is 25.9. The third kappa shape index (κ3) is 6.78. The van der Waals surface area contributed by atoms with Crippen molar-refractivity contribution in [2.45, 2.75) is 90.3 Å². The number of benzene rings is 1. The van der Waals surface area contributed by atoms with Crippen molar-refractivity contribution in [3.63, 3.8) is 0 Å². The zero-order chi connectivity index (χ0) is 29.9. The second-order valence-electron chi connectivity index (χ2n) is 14.0. The van der Waals surface area contributed by atoms with Gasteiger partial charge in [0.15, 0.2) is 0 Å². The predicted molar refractivity (Wildman–Crippen MR) is 166 cm³/mol. The summed E-state index contributed by atoms with van der Waals surface area (Å²) in [5, 5.41) is 22.1. The maximum atomic E-state index is 13.8. The van der Waals surface area contributed by atoms with Gasteiger partial charge in [0.2, 0.25) is 5.91 Å². The minimum atomic E-state index is -1.01. The highest BCUT2D eigenvalue weighted by molar-refractivity contribution is 6.09. The van der Waals surface area contributed by atoms with Gasteiger partial charge in [-0.3, -0.25) is 9.59 Å². The van der Waals surface area contributed by atoms with E-state index in [4.69, 9.17) is 0 Å². The molecule has 0 aromatic heterocycles. The quantitative estimate of drug-likeness (QED) is 0.484. The van der Waals surface area contributed by atoms with Gasteiger partial charge < -0.3 is 24.9 Å². The van der Waals surface area contributed by atoms with Gasteiger partial charge in [-0.25, -0.2) is 0 Å². The van der Waals surface area contributed by atoms with Crippen LogP contribution in [0.5, 0.6) is 0 Å². The normalized spacial score (nSPS) is 26.5. The molecule has 5 rings (SSSR count). The van der Waals surface area contributed by atoms with Gasteiger partial charge in [0.1, 0.15) is 0 Å². The Morgan fingerprint density at radius 2 is 1.67 bits per heavy atom. The number of hydrogen-bond acceptors (Lipinski definition) is 5. The van der Waals surface area contributed by atoms with Gasteiger partial charge in [0.25, 0.3) is 5.91 Å². The van der Waals surface area contributed by atoms with E-state index in [1.807, 2.05) is 46.3 Å². The number of piperidine rings is 2. The van der Waals surface area contributed by atoms with E-state index in [1.165, 1.54) is 32.1 Å². The van der Waals surface area contributed by atoms with Crippen LogP contribution in [-0.4, -0.2) is 87.7 Å². The van der Waals surface area contributed by atoms with Crippen molar-refractivity contribution in [1.29, 1.82) is 0 Å². The highest BCUT2D eigenvalue weighted by Gasteiger charge is 2.49. The lowest BCUT2D eigenvalue weighted by Crippen LogP contribution is -2.62. The molecule has 2 saturated heterocycles. The average molecular weight is 578 g/mol. The van der Waals surface area contributed by atoms with Crippen LogP contribution in [0.3, 0.4) is 0 Å². The summed E-state index contributed by atoms with van der Waals surface area (Å²) in [6, 6.07) is 10.0. The molecule has 3 fully saturated rings. The second-order valence-corrected chi connectivity index (χ2v) is 14.0. The molecule has 2 N–H and O–H groups in total. The van der Waals surface area contributed by atoms with Crippen LogP contribution in [0, 0.1) is 17.3 Å². The van der Waals surface area contributed by atoms with Crippen LogP contribution in [-0.2, 0) is 9.59 Å². The van der Waals surface area contributed by atoms with Crippen molar-refractivity contribution >= 4 is 17.4 Å². The molecule has 3 heterocycles. The molecular weight excluding hydrogens is 526 g/mol. The molecule has 3 aliphatic heterocycles. The first-order chi connectivity index (χ1) is 20.1. The average Bonchev–Trinajstić information content (AvgIpc) is 2.99. The van der Waals surface area contributed by atoms with Crippen LogP contribution < -0.4 is 0 Å². The van der Waals surface area contributed by atoms with Crippen LogP contribution >= 0.6 is 0 Å². The molecule has 4 aliphatic rings. The molecule has 7 nitrogen and oxygen atoms in total. The fourth-order valence-electron chi connectivity index (χ4n) is 7.55. The lowest BCUT2D eigenvalue weighted by atomic mass is 9.69. The van der Waals surface area contributed by atoms with E-state index in [0.29, 0.717) is 70.0 Å². The monoisotopic (exact) mass is 577 g/mol. The summed E-state index contributed by atoms with van der Waals surface area (Å²) in [4.78, 5) is 33.2. The Kier molecular flexibility index (Phi) is 9.48. The molecule has 1 aliphatic carbocycles. The number of hydrogen-bond donors (Lipinski definition) is 2. The van der Waals surface area contributed by atoms with Crippen molar-refractivity contribution in [3.05, 3.63) is 53.7 Å². The third-order valence-corrected chi connectivity index (χ3v) is 10.4. The van der Waals surface area contributed by atoms with E-state index >= 15 is 0 Å². The molecule has 0 radical (unpaired) electrons. The Bertz CT molecular complexity index is 1160. The van der Waals surface area contributed by atoms with Crippen LogP contribution in [0.25, 0.3) is 5.57 Å². The van der Waals surface area contributed by atoms with E-state index in [0.717, 1.165) is 17.6 Å². The van der Waals surface area contributed by atoms with Gasteiger partial charge in [-0.2, -0.15) is 0 Å². The zero-order valence-corrected chi connectivity index (χ0v) is 25.9. The molecule has 2 atom stereocenters. The number of β-amino-alcohol motifs (C(OH)–C–C–N with tert-alkyl or cyclic N) is 1. The molecule has 1 saturated carbocycles. The summed E-state index contributed by atoms with van der Waals surface area (Å²) < 4.78 is 0. The third-order valence-electron chi connectivity index (χ3n) is 10.4. The molecule has 230 valence electrons. The van der Waals surface area contributed by atoms with Gasteiger partial charge >= 0.3 is 0 Å². The lowest BCUT2D eigenvalue weighted by molar-refractivity contribution is -0.156. The standard InChI is InChI=1S/C35H51N3O4/c1-26(22-27-10-6-4-7-11-27)32(40)38-21-17-35(42,34(2,3)24-38)25-36-18-16-30(28-12-8-5-9-13-28)31(23-36)33(41)37-19-14-29(39)15-20-37/h5,8-9,12-13,16,23,26-27,29,39,42H,4,6-7,10-11,14-15,17-22,24-25H2,1-3H3/t26-,35-/m1/s1. The predicted octanol–water partition coefficient (Wildman–Crippen LogP) is 4.85. The first-order valence-electron chi connectivity index (χ1n) is 16.3.